The molecule has 6 aromatic carbocycles. The van der Waals surface area contributed by atoms with Gasteiger partial charge in [0.25, 0.3) is 0 Å². The number of hydrogen-bond donors (Lipinski definition) is 1. The zero-order valence-corrected chi connectivity index (χ0v) is 32.2. The third-order valence-electron chi connectivity index (χ3n) is 10.4. The van der Waals surface area contributed by atoms with Crippen LogP contribution in [0.4, 0.5) is 0 Å². The van der Waals surface area contributed by atoms with E-state index in [0.717, 1.165) is 66.8 Å². The predicted molar refractivity (Wildman–Crippen MR) is 230 cm³/mol. The minimum Gasteiger partial charge on any atom is -0.507 e. The fourth-order valence-electron chi connectivity index (χ4n) is 7.36. The maximum atomic E-state index is 11.7. The number of phenols is 1. The maximum absolute atomic E-state index is 11.7. The van der Waals surface area contributed by atoms with Crippen LogP contribution in [0.1, 0.15) is 63.7 Å². The van der Waals surface area contributed by atoms with Crippen LogP contribution in [0, 0.1) is 34.5 Å². The average molecular weight is 725 g/mol. The second kappa shape index (κ2) is 13.9. The van der Waals surface area contributed by atoms with Crippen LogP contribution in [0.3, 0.4) is 0 Å². The number of benzene rings is 6. The Kier molecular flexibility index (Phi) is 7.11. The van der Waals surface area contributed by atoms with E-state index >= 15 is 0 Å². The molecule has 2 heterocycles. The van der Waals surface area contributed by atoms with E-state index in [1.54, 1.807) is 18.3 Å². The molecule has 4 nitrogen and oxygen atoms in total. The number of fused-ring (bicyclic) bond motifs is 1. The topological polar surface area (TPSA) is 50.9 Å². The molecule has 0 aliphatic carbocycles. The van der Waals surface area contributed by atoms with Gasteiger partial charge in [0.15, 0.2) is 0 Å². The van der Waals surface area contributed by atoms with Crippen molar-refractivity contribution in [1.82, 2.24) is 14.5 Å². The van der Waals surface area contributed by atoms with Gasteiger partial charge in [-0.15, -0.1) is 0 Å². The largest absolute Gasteiger partial charge is 0.507 e. The molecule has 0 amide bonds. The molecule has 1 N–H and O–H groups in total. The van der Waals surface area contributed by atoms with Crippen LogP contribution >= 0.6 is 0 Å². The van der Waals surface area contributed by atoms with Gasteiger partial charge in [0, 0.05) is 27.1 Å². The number of aromatic hydroxyl groups is 1. The zero-order chi connectivity index (χ0) is 44.6. The highest BCUT2D eigenvalue weighted by atomic mass is 16.3. The summed E-state index contributed by atoms with van der Waals surface area (Å²) in [6.45, 7) is 11.8. The van der Waals surface area contributed by atoms with Crippen LogP contribution in [0.2, 0.25) is 0 Å². The lowest BCUT2D eigenvalue weighted by molar-refractivity contribution is 0.472. The Balaban J connectivity index is 1.37. The number of pyridine rings is 1. The molecule has 0 unspecified atom stereocenters. The van der Waals surface area contributed by atoms with Gasteiger partial charge in [-0.1, -0.05) is 105 Å². The Morgan fingerprint density at radius 1 is 0.636 bits per heavy atom. The quantitative estimate of drug-likeness (QED) is 0.186. The fraction of sp³-hybridized carbons (Fsp3) is 0.176. The van der Waals surface area contributed by atoms with Crippen molar-refractivity contribution < 1.29 is 14.7 Å². The van der Waals surface area contributed by atoms with Gasteiger partial charge >= 0.3 is 0 Å². The molecular weight excluding hydrogens is 671 g/mol. The molecule has 0 bridgehead atoms. The van der Waals surface area contributed by atoms with Crippen molar-refractivity contribution in [2.75, 3.05) is 0 Å². The van der Waals surface area contributed by atoms with Crippen LogP contribution in [0.25, 0.3) is 72.7 Å². The first-order valence-electron chi connectivity index (χ1n) is 22.0. The summed E-state index contributed by atoms with van der Waals surface area (Å²) in [5.74, 6) is 0.767. The molecule has 8 aromatic rings. The summed E-state index contributed by atoms with van der Waals surface area (Å²) in [5, 5.41) is 11.7. The van der Waals surface area contributed by atoms with E-state index in [1.807, 2.05) is 62.4 Å². The Bertz CT molecular complexity index is 3060. The molecule has 55 heavy (non-hydrogen) atoms. The van der Waals surface area contributed by atoms with E-state index in [-0.39, 0.29) is 16.7 Å². The number of nitrogens with zero attached hydrogens (tertiary/aromatic N) is 3. The van der Waals surface area contributed by atoms with Gasteiger partial charge in [0.2, 0.25) is 0 Å². The van der Waals surface area contributed by atoms with Gasteiger partial charge in [-0.05, 0) is 144 Å². The van der Waals surface area contributed by atoms with Crippen molar-refractivity contribution >= 4 is 11.0 Å². The maximum Gasteiger partial charge on any atom is 0.149 e. The summed E-state index contributed by atoms with van der Waals surface area (Å²) < 4.78 is 60.3. The van der Waals surface area contributed by atoms with Gasteiger partial charge in [-0.2, -0.15) is 0 Å². The van der Waals surface area contributed by atoms with Crippen LogP contribution in [-0.4, -0.2) is 19.6 Å². The van der Waals surface area contributed by atoms with E-state index in [4.69, 9.17) is 19.6 Å². The molecule has 0 fully saturated rings. The first kappa shape index (κ1) is 28.2. The third kappa shape index (κ3) is 6.74. The zero-order valence-electron chi connectivity index (χ0n) is 39.2. The van der Waals surface area contributed by atoms with Crippen molar-refractivity contribution in [3.05, 3.63) is 167 Å². The number of para-hydroxylation sites is 1. The van der Waals surface area contributed by atoms with Gasteiger partial charge in [0.1, 0.15) is 11.6 Å². The van der Waals surface area contributed by atoms with Gasteiger partial charge in [0.05, 0.1) is 27.8 Å². The van der Waals surface area contributed by atoms with E-state index in [0.29, 0.717) is 22.6 Å². The molecule has 0 saturated carbocycles. The lowest BCUT2D eigenvalue weighted by Crippen LogP contribution is -2.11. The Hall–Kier alpha value is -6.26. The summed E-state index contributed by atoms with van der Waals surface area (Å²) in [5.41, 5.74) is 12.9. The minimum absolute atomic E-state index is 0.00286. The molecule has 0 radical (unpaired) electrons. The normalized spacial score (nSPS) is 13.8. The van der Waals surface area contributed by atoms with Crippen LogP contribution in [0.15, 0.2) is 133 Å². The van der Waals surface area contributed by atoms with E-state index < -0.39 is 36.6 Å². The standard InChI is InChI=1S/C51H47N3O/c1-31-17-19-36(20-18-31)38-21-22-52-46(29-38)40-26-39(27-41(28-40)51(6,7)8)43-15-12-16-47-48(43)53-50(45-24-32(2)23-34(4)49(45)55)54(47)42-25-33(3)35(5)44(30-42)37-13-10-9-11-14-37/h9-30,55H,1-8H3/i1D3,17D,18D,19D,20D. The second-order valence-corrected chi connectivity index (χ2v) is 15.5. The summed E-state index contributed by atoms with van der Waals surface area (Å²) in [4.78, 5) is 10.1. The van der Waals surface area contributed by atoms with Crippen molar-refractivity contribution in [3.8, 4) is 67.5 Å². The van der Waals surface area contributed by atoms with Crippen LogP contribution in [0.5, 0.6) is 5.75 Å². The van der Waals surface area contributed by atoms with Crippen molar-refractivity contribution in [3.63, 3.8) is 0 Å². The molecule has 8 rings (SSSR count). The highest BCUT2D eigenvalue weighted by Gasteiger charge is 2.24. The number of hydrogen-bond acceptors (Lipinski definition) is 3. The van der Waals surface area contributed by atoms with Crippen molar-refractivity contribution in [1.29, 1.82) is 0 Å². The lowest BCUT2D eigenvalue weighted by atomic mass is 9.83. The lowest BCUT2D eigenvalue weighted by Gasteiger charge is -2.22. The number of rotatable bonds is 6. The molecule has 0 saturated heterocycles. The first-order chi connectivity index (χ1) is 29.2. The van der Waals surface area contributed by atoms with Crippen molar-refractivity contribution in [2.45, 2.75) is 60.7 Å². The van der Waals surface area contributed by atoms with E-state index in [2.05, 4.69) is 81.7 Å². The monoisotopic (exact) mass is 724 g/mol. The predicted octanol–water partition coefficient (Wildman–Crippen LogP) is 13.3. The minimum atomic E-state index is -2.81. The molecule has 272 valence electrons. The fourth-order valence-corrected chi connectivity index (χ4v) is 7.36. The number of aromatic nitrogens is 3. The second-order valence-electron chi connectivity index (χ2n) is 15.5. The van der Waals surface area contributed by atoms with Gasteiger partial charge in [-0.3, -0.25) is 9.55 Å². The number of imidazole rings is 1. The molecule has 0 aliphatic rings. The Labute approximate surface area is 334 Å². The third-order valence-corrected chi connectivity index (χ3v) is 10.4. The first-order valence-corrected chi connectivity index (χ1v) is 18.5. The van der Waals surface area contributed by atoms with E-state index in [1.165, 1.54) is 5.56 Å². The highest BCUT2D eigenvalue weighted by molar-refractivity contribution is 5.97. The summed E-state index contributed by atoms with van der Waals surface area (Å²) in [6.07, 6.45) is 1.57. The molecule has 0 aliphatic heterocycles. The smallest absolute Gasteiger partial charge is 0.149 e. The SMILES string of the molecule is [2H]c1c([2H])c(C([2H])([2H])[2H])c([2H])c([2H])c1-c1ccnc(-c2cc(-c3cccc4c3nc(-c3cc(C)cc(C)c3O)n4-c3cc(C)c(C)c(-c4ccccc4)c3)cc(C(C)(C)C)c2)c1. The van der Waals surface area contributed by atoms with E-state index in [9.17, 15) is 5.11 Å². The van der Waals surface area contributed by atoms with Crippen LogP contribution in [-0.2, 0) is 5.41 Å². The molecule has 4 heteroatoms. The summed E-state index contributed by atoms with van der Waals surface area (Å²) >= 11 is 0. The van der Waals surface area contributed by atoms with Crippen molar-refractivity contribution in [2.24, 2.45) is 0 Å². The van der Waals surface area contributed by atoms with Crippen LogP contribution < -0.4 is 0 Å². The molecule has 0 spiro atoms. The Morgan fingerprint density at radius 3 is 2.15 bits per heavy atom. The molecular formula is C51H47N3O. The Morgan fingerprint density at radius 2 is 1.40 bits per heavy atom. The summed E-state index contributed by atoms with van der Waals surface area (Å²) in [7, 11) is 0. The van der Waals surface area contributed by atoms with Gasteiger partial charge < -0.3 is 5.11 Å². The molecule has 2 aromatic heterocycles. The average Bonchev–Trinajstić information content (AvgIpc) is 3.62. The molecule has 0 atom stereocenters. The highest BCUT2D eigenvalue weighted by Crippen LogP contribution is 2.42. The summed E-state index contributed by atoms with van der Waals surface area (Å²) in [6, 6.07) is 32.3. The number of aryl methyl sites for hydroxylation is 3. The van der Waals surface area contributed by atoms with Gasteiger partial charge in [-0.25, -0.2) is 4.98 Å². The number of phenolic OH excluding ortho intramolecular Hbond substituents is 1.